The molecule has 1 fully saturated rings. The molecule has 0 bridgehead atoms. The maximum atomic E-state index is 10.8. The van der Waals surface area contributed by atoms with Crippen LogP contribution in [0.3, 0.4) is 0 Å². The van der Waals surface area contributed by atoms with Gasteiger partial charge in [-0.15, -0.1) is 0 Å². The van der Waals surface area contributed by atoms with Crippen molar-refractivity contribution in [3.63, 3.8) is 0 Å². The first-order valence-corrected chi connectivity index (χ1v) is 8.99. The van der Waals surface area contributed by atoms with Gasteiger partial charge in [0.15, 0.2) is 0 Å². The number of rotatable bonds is 8. The molecule has 0 amide bonds. The molecule has 4 atom stereocenters. The van der Waals surface area contributed by atoms with Crippen molar-refractivity contribution in [2.75, 3.05) is 13.2 Å². The summed E-state index contributed by atoms with van der Waals surface area (Å²) in [7, 11) is 0. The maximum absolute atomic E-state index is 10.8. The minimum Gasteiger partial charge on any atom is -0.395 e. The summed E-state index contributed by atoms with van der Waals surface area (Å²) < 4.78 is 6.00. The molecule has 0 radical (unpaired) electrons. The molecule has 1 aliphatic heterocycles. The van der Waals surface area contributed by atoms with Gasteiger partial charge in [-0.3, -0.25) is 4.90 Å². The molecule has 27 heavy (non-hydrogen) atoms. The van der Waals surface area contributed by atoms with E-state index < -0.39 is 18.2 Å². The zero-order valence-electron chi connectivity index (χ0n) is 15.0. The summed E-state index contributed by atoms with van der Waals surface area (Å²) in [6, 6.07) is 18.7. The van der Waals surface area contributed by atoms with Crippen molar-refractivity contribution in [3.05, 3.63) is 82.2 Å². The van der Waals surface area contributed by atoms with Crippen LogP contribution >= 0.6 is 0 Å². The highest BCUT2D eigenvalue weighted by Crippen LogP contribution is 2.30. The maximum Gasteiger partial charge on any atom is 0.103 e. The third kappa shape index (κ3) is 4.66. The Labute approximate surface area is 158 Å². The lowest BCUT2D eigenvalue weighted by atomic mass is 10.1. The van der Waals surface area contributed by atoms with Gasteiger partial charge in [0.1, 0.15) is 6.10 Å². The van der Waals surface area contributed by atoms with Crippen LogP contribution in [0, 0.1) is 0 Å². The minimum atomic E-state index is -0.861. The number of aliphatic hydroxyl groups is 2. The van der Waals surface area contributed by atoms with Crippen LogP contribution in [0.15, 0.2) is 65.8 Å². The summed E-state index contributed by atoms with van der Waals surface area (Å²) in [5, 5.41) is 24.5. The first kappa shape index (κ1) is 19.4. The number of ether oxygens (including phenoxy) is 1. The van der Waals surface area contributed by atoms with Gasteiger partial charge in [-0.25, -0.2) is 0 Å². The van der Waals surface area contributed by atoms with Gasteiger partial charge < -0.3 is 14.9 Å². The molecule has 2 N–H and O–H groups in total. The Bertz CT molecular complexity index is 752. The molecular weight excluding hydrogens is 344 g/mol. The van der Waals surface area contributed by atoms with Crippen LogP contribution in [0.2, 0.25) is 0 Å². The Morgan fingerprint density at radius 3 is 2.22 bits per heavy atom. The molecule has 2 aromatic carbocycles. The summed E-state index contributed by atoms with van der Waals surface area (Å²) in [6.07, 6.45) is -1.43. The number of hydrogen-bond acceptors (Lipinski definition) is 5. The molecule has 7 heteroatoms. The second kappa shape index (κ2) is 9.50. The second-order valence-electron chi connectivity index (χ2n) is 6.64. The SMILES string of the molecule is [N-]=[N+]=NC[C@H]1[C@@H](O)[C@H](OCc2ccccc2)[C@@H](CO)N1Cc1ccccc1. The fourth-order valence-electron chi connectivity index (χ4n) is 3.62. The third-order valence-corrected chi connectivity index (χ3v) is 4.97. The van der Waals surface area contributed by atoms with Crippen LogP contribution in [0.4, 0.5) is 0 Å². The largest absolute Gasteiger partial charge is 0.395 e. The van der Waals surface area contributed by atoms with Gasteiger partial charge in [0, 0.05) is 24.0 Å². The normalized spacial score (nSPS) is 25.3. The first-order valence-electron chi connectivity index (χ1n) is 8.99. The van der Waals surface area contributed by atoms with E-state index >= 15 is 0 Å². The molecule has 0 unspecified atom stereocenters. The van der Waals surface area contributed by atoms with E-state index in [1.165, 1.54) is 0 Å². The van der Waals surface area contributed by atoms with Crippen LogP contribution in [-0.4, -0.2) is 52.6 Å². The van der Waals surface area contributed by atoms with E-state index in [-0.39, 0.29) is 19.2 Å². The molecule has 3 rings (SSSR count). The summed E-state index contributed by atoms with van der Waals surface area (Å²) in [5.74, 6) is 0. The van der Waals surface area contributed by atoms with Crippen molar-refractivity contribution in [1.29, 1.82) is 0 Å². The molecule has 0 aromatic heterocycles. The number of aliphatic hydroxyl groups excluding tert-OH is 2. The molecule has 0 aliphatic carbocycles. The molecule has 1 aliphatic rings. The van der Waals surface area contributed by atoms with E-state index in [4.69, 9.17) is 10.3 Å². The molecule has 1 saturated heterocycles. The lowest BCUT2D eigenvalue weighted by molar-refractivity contribution is -0.0480. The van der Waals surface area contributed by atoms with Crippen LogP contribution in [0.5, 0.6) is 0 Å². The number of benzene rings is 2. The highest BCUT2D eigenvalue weighted by Gasteiger charge is 2.48. The zero-order valence-corrected chi connectivity index (χ0v) is 15.0. The molecule has 2 aromatic rings. The minimum absolute atomic E-state index is 0.117. The molecule has 7 nitrogen and oxygen atoms in total. The zero-order chi connectivity index (χ0) is 19.1. The topological polar surface area (TPSA) is 102 Å². The van der Waals surface area contributed by atoms with E-state index in [0.717, 1.165) is 11.1 Å². The van der Waals surface area contributed by atoms with E-state index in [2.05, 4.69) is 10.0 Å². The number of likely N-dealkylation sites (tertiary alicyclic amines) is 1. The number of nitrogens with zero attached hydrogens (tertiary/aromatic N) is 4. The lowest BCUT2D eigenvalue weighted by Crippen LogP contribution is -2.42. The van der Waals surface area contributed by atoms with Gasteiger partial charge in [-0.05, 0) is 16.7 Å². The Balaban J connectivity index is 1.79. The standard InChI is InChI=1S/C20H24N4O3/c21-23-22-11-17-19(26)20(27-14-16-9-5-2-6-10-16)18(13-25)24(17)12-15-7-3-1-4-8-15/h1-10,17-20,25-26H,11-14H2/t17-,18+,19+,20+/m0/s1. The van der Waals surface area contributed by atoms with Gasteiger partial charge in [-0.2, -0.15) is 0 Å². The molecule has 0 saturated carbocycles. The summed E-state index contributed by atoms with van der Waals surface area (Å²) in [6.45, 7) is 0.828. The van der Waals surface area contributed by atoms with Crippen LogP contribution in [0.25, 0.3) is 10.4 Å². The Morgan fingerprint density at radius 1 is 1.00 bits per heavy atom. The van der Waals surface area contributed by atoms with Gasteiger partial charge in [-0.1, -0.05) is 65.8 Å². The Morgan fingerprint density at radius 2 is 1.63 bits per heavy atom. The van der Waals surface area contributed by atoms with E-state index in [1.54, 1.807) is 0 Å². The lowest BCUT2D eigenvalue weighted by Gasteiger charge is -2.29. The van der Waals surface area contributed by atoms with Gasteiger partial charge >= 0.3 is 0 Å². The monoisotopic (exact) mass is 368 g/mol. The van der Waals surface area contributed by atoms with Crippen molar-refractivity contribution in [3.8, 4) is 0 Å². The van der Waals surface area contributed by atoms with Gasteiger partial charge in [0.05, 0.1) is 25.4 Å². The first-order chi connectivity index (χ1) is 13.2. The highest BCUT2D eigenvalue weighted by molar-refractivity contribution is 5.17. The van der Waals surface area contributed by atoms with Crippen molar-refractivity contribution in [1.82, 2.24) is 4.90 Å². The van der Waals surface area contributed by atoms with E-state index in [0.29, 0.717) is 13.2 Å². The van der Waals surface area contributed by atoms with E-state index in [9.17, 15) is 10.2 Å². The fraction of sp³-hybridized carbons (Fsp3) is 0.400. The molecule has 0 spiro atoms. The number of azide groups is 1. The van der Waals surface area contributed by atoms with Crippen molar-refractivity contribution in [2.45, 2.75) is 37.4 Å². The van der Waals surface area contributed by atoms with Crippen LogP contribution in [-0.2, 0) is 17.9 Å². The Kier molecular flexibility index (Phi) is 6.81. The van der Waals surface area contributed by atoms with Gasteiger partial charge in [0.25, 0.3) is 0 Å². The van der Waals surface area contributed by atoms with E-state index in [1.807, 2.05) is 65.6 Å². The number of hydrogen-bond donors (Lipinski definition) is 2. The third-order valence-electron chi connectivity index (χ3n) is 4.97. The average molecular weight is 368 g/mol. The quantitative estimate of drug-likeness (QED) is 0.424. The summed E-state index contributed by atoms with van der Waals surface area (Å²) in [5.41, 5.74) is 10.8. The fourth-order valence-corrected chi connectivity index (χ4v) is 3.62. The summed E-state index contributed by atoms with van der Waals surface area (Å²) in [4.78, 5) is 4.81. The smallest absolute Gasteiger partial charge is 0.103 e. The van der Waals surface area contributed by atoms with Crippen LogP contribution < -0.4 is 0 Å². The molecule has 1 heterocycles. The molecule has 142 valence electrons. The van der Waals surface area contributed by atoms with Crippen molar-refractivity contribution < 1.29 is 14.9 Å². The van der Waals surface area contributed by atoms with Crippen molar-refractivity contribution in [2.24, 2.45) is 5.11 Å². The second-order valence-corrected chi connectivity index (χ2v) is 6.64. The Hall–Kier alpha value is -2.41. The summed E-state index contributed by atoms with van der Waals surface area (Å²) >= 11 is 0. The predicted molar refractivity (Wildman–Crippen MR) is 102 cm³/mol. The van der Waals surface area contributed by atoms with Crippen LogP contribution in [0.1, 0.15) is 11.1 Å². The average Bonchev–Trinajstić information content (AvgIpc) is 2.96. The van der Waals surface area contributed by atoms with Gasteiger partial charge in [0.2, 0.25) is 0 Å². The molecular formula is C20H24N4O3. The van der Waals surface area contributed by atoms with Crippen molar-refractivity contribution >= 4 is 0 Å². The predicted octanol–water partition coefficient (Wildman–Crippen LogP) is 2.49. The highest BCUT2D eigenvalue weighted by atomic mass is 16.5.